The molecule has 2 atom stereocenters. The van der Waals surface area contributed by atoms with Crippen molar-refractivity contribution in [2.45, 2.75) is 12.1 Å². The number of nitrogens with zero attached hydrogens (tertiary/aromatic N) is 1. The number of ether oxygens (including phenoxy) is 1. The maximum atomic E-state index is 10.9. The van der Waals surface area contributed by atoms with Crippen molar-refractivity contribution in [3.8, 4) is 11.5 Å². The summed E-state index contributed by atoms with van der Waals surface area (Å²) in [6, 6.07) is 27.8. The second kappa shape index (κ2) is 9.61. The lowest BCUT2D eigenvalue weighted by atomic mass is 10.0. The van der Waals surface area contributed by atoms with Crippen LogP contribution in [-0.2, 0) is 0 Å². The Hall–Kier alpha value is -2.79. The topological polar surface area (TPSA) is 46.4 Å². The second-order valence-electron chi connectivity index (χ2n) is 6.84. The van der Waals surface area contributed by atoms with E-state index >= 15 is 0 Å². The highest BCUT2D eigenvalue weighted by Crippen LogP contribution is 2.31. The van der Waals surface area contributed by atoms with Gasteiger partial charge in [0.05, 0.1) is 17.7 Å². The van der Waals surface area contributed by atoms with E-state index in [1.165, 1.54) is 0 Å². The van der Waals surface area contributed by atoms with Gasteiger partial charge in [0.15, 0.2) is 0 Å². The van der Waals surface area contributed by atoms with Crippen LogP contribution in [0.4, 0.5) is 0 Å². The molecule has 1 aromatic heterocycles. The largest absolute Gasteiger partial charge is 0.457 e. The van der Waals surface area contributed by atoms with Gasteiger partial charge < -0.3 is 19.7 Å². The molecule has 3 aromatic carbocycles. The van der Waals surface area contributed by atoms with Gasteiger partial charge in [0.25, 0.3) is 0 Å². The third-order valence-electron chi connectivity index (χ3n) is 4.89. The first-order valence-corrected chi connectivity index (χ1v) is 9.47. The first kappa shape index (κ1) is 20.9. The number of hydrogen-bond donors (Lipinski definition) is 2. The van der Waals surface area contributed by atoms with E-state index in [-0.39, 0.29) is 18.4 Å². The van der Waals surface area contributed by atoms with E-state index in [1.54, 1.807) is 0 Å². The second-order valence-corrected chi connectivity index (χ2v) is 6.84. The van der Waals surface area contributed by atoms with Gasteiger partial charge in [-0.05, 0) is 48.3 Å². The maximum Gasteiger partial charge on any atom is 0.129 e. The molecule has 150 valence electrons. The van der Waals surface area contributed by atoms with Crippen molar-refractivity contribution in [2.75, 3.05) is 13.6 Å². The minimum Gasteiger partial charge on any atom is -0.457 e. The lowest BCUT2D eigenvalue weighted by Crippen LogP contribution is -2.33. The number of para-hydroxylation sites is 1. The first-order valence-electron chi connectivity index (χ1n) is 9.47. The van der Waals surface area contributed by atoms with Gasteiger partial charge in [0, 0.05) is 18.8 Å². The van der Waals surface area contributed by atoms with E-state index in [2.05, 4.69) is 34.1 Å². The lowest BCUT2D eigenvalue weighted by molar-refractivity contribution is 0.132. The molecule has 0 aliphatic heterocycles. The summed E-state index contributed by atoms with van der Waals surface area (Å²) < 4.78 is 8.15. The van der Waals surface area contributed by atoms with Crippen molar-refractivity contribution in [1.29, 1.82) is 0 Å². The molecular weight excluding hydrogens is 384 g/mol. The molecule has 1 heterocycles. The Labute approximate surface area is 177 Å². The molecule has 0 radical (unpaired) electrons. The normalized spacial score (nSPS) is 12.9. The van der Waals surface area contributed by atoms with Crippen LogP contribution in [-0.4, -0.2) is 29.4 Å². The summed E-state index contributed by atoms with van der Waals surface area (Å²) in [5.74, 6) is 1.57. The minimum absolute atomic E-state index is 0. The average molecular weight is 409 g/mol. The number of benzene rings is 3. The third kappa shape index (κ3) is 4.62. The average Bonchev–Trinajstić information content (AvgIpc) is 3.13. The highest BCUT2D eigenvalue weighted by atomic mass is 35.5. The number of aromatic nitrogens is 1. The molecule has 0 unspecified atom stereocenters. The summed E-state index contributed by atoms with van der Waals surface area (Å²) in [7, 11) is 1.85. The van der Waals surface area contributed by atoms with Crippen LogP contribution in [0.15, 0.2) is 91.1 Å². The van der Waals surface area contributed by atoms with Crippen LogP contribution < -0.4 is 10.1 Å². The van der Waals surface area contributed by atoms with Crippen molar-refractivity contribution in [3.05, 3.63) is 96.7 Å². The fraction of sp³-hybridized carbons (Fsp3) is 0.167. The number of likely N-dealkylation sites (N-methyl/N-ethyl adjacent to an activating group) is 1. The smallest absolute Gasteiger partial charge is 0.129 e. The summed E-state index contributed by atoms with van der Waals surface area (Å²) >= 11 is 0. The molecule has 4 nitrogen and oxygen atoms in total. The van der Waals surface area contributed by atoms with Gasteiger partial charge in [-0.15, -0.1) is 12.4 Å². The van der Waals surface area contributed by atoms with Crippen LogP contribution in [0.2, 0.25) is 0 Å². The SMILES string of the molecule is CNC[C@@H](O)[C@H](c1ccccc1)n1ccc2ccc(Oc3ccccc3)cc21.Cl. The Bertz CT molecular complexity index is 1030. The first-order chi connectivity index (χ1) is 13.8. The fourth-order valence-electron chi connectivity index (χ4n) is 3.60. The molecule has 0 amide bonds. The number of fused-ring (bicyclic) bond motifs is 1. The number of aliphatic hydroxyl groups is 1. The molecule has 0 bridgehead atoms. The molecule has 4 aromatic rings. The van der Waals surface area contributed by atoms with E-state index < -0.39 is 6.10 Å². The highest BCUT2D eigenvalue weighted by Gasteiger charge is 2.23. The van der Waals surface area contributed by atoms with Crippen molar-refractivity contribution in [3.63, 3.8) is 0 Å². The quantitative estimate of drug-likeness (QED) is 0.451. The van der Waals surface area contributed by atoms with Crippen LogP contribution in [0.1, 0.15) is 11.6 Å². The molecule has 2 N–H and O–H groups in total. The molecule has 0 fully saturated rings. The predicted octanol–water partition coefficient (Wildman–Crippen LogP) is 5.03. The lowest BCUT2D eigenvalue weighted by Gasteiger charge is -2.26. The Balaban J connectivity index is 0.00000240. The van der Waals surface area contributed by atoms with Gasteiger partial charge in [-0.1, -0.05) is 48.5 Å². The zero-order valence-electron chi connectivity index (χ0n) is 16.2. The molecule has 0 aliphatic rings. The van der Waals surface area contributed by atoms with Crippen LogP contribution in [0.25, 0.3) is 10.9 Å². The zero-order chi connectivity index (χ0) is 19.3. The van der Waals surface area contributed by atoms with Gasteiger partial charge in [-0.25, -0.2) is 0 Å². The molecule has 29 heavy (non-hydrogen) atoms. The van der Waals surface area contributed by atoms with Crippen LogP contribution >= 0.6 is 12.4 Å². The van der Waals surface area contributed by atoms with Crippen molar-refractivity contribution < 1.29 is 9.84 Å². The van der Waals surface area contributed by atoms with Gasteiger partial charge in [0.1, 0.15) is 11.5 Å². The number of nitrogens with one attached hydrogen (secondary N) is 1. The van der Waals surface area contributed by atoms with E-state index in [0.29, 0.717) is 6.54 Å². The zero-order valence-corrected chi connectivity index (χ0v) is 17.0. The van der Waals surface area contributed by atoms with Crippen LogP contribution in [0, 0.1) is 0 Å². The molecule has 5 heteroatoms. The van der Waals surface area contributed by atoms with E-state index in [1.807, 2.05) is 73.9 Å². The van der Waals surface area contributed by atoms with Gasteiger partial charge >= 0.3 is 0 Å². The number of aliphatic hydroxyl groups excluding tert-OH is 1. The van der Waals surface area contributed by atoms with Crippen molar-refractivity contribution in [2.24, 2.45) is 0 Å². The molecule has 4 rings (SSSR count). The minimum atomic E-state index is -0.568. The van der Waals surface area contributed by atoms with Gasteiger partial charge in [-0.2, -0.15) is 0 Å². The van der Waals surface area contributed by atoms with Gasteiger partial charge in [0.2, 0.25) is 0 Å². The summed E-state index contributed by atoms with van der Waals surface area (Å²) in [5, 5.41) is 15.1. The maximum absolute atomic E-state index is 10.9. The molecule has 0 saturated carbocycles. The molecule has 0 spiro atoms. The van der Waals surface area contributed by atoms with E-state index in [9.17, 15) is 5.11 Å². The number of hydrogen-bond acceptors (Lipinski definition) is 3. The Morgan fingerprint density at radius 1 is 0.897 bits per heavy atom. The predicted molar refractivity (Wildman–Crippen MR) is 120 cm³/mol. The summed E-state index contributed by atoms with van der Waals surface area (Å²) in [5.41, 5.74) is 2.09. The van der Waals surface area contributed by atoms with E-state index in [0.717, 1.165) is 28.0 Å². The summed E-state index contributed by atoms with van der Waals surface area (Å²) in [6.07, 6.45) is 1.47. The highest BCUT2D eigenvalue weighted by molar-refractivity contribution is 5.85. The van der Waals surface area contributed by atoms with E-state index in [4.69, 9.17) is 4.74 Å². The Morgan fingerprint density at radius 2 is 1.59 bits per heavy atom. The Kier molecular flexibility index (Phi) is 6.94. The molecule has 0 saturated heterocycles. The van der Waals surface area contributed by atoms with Crippen LogP contribution in [0.5, 0.6) is 11.5 Å². The monoisotopic (exact) mass is 408 g/mol. The molecular formula is C24H25ClN2O2. The van der Waals surface area contributed by atoms with Crippen molar-refractivity contribution in [1.82, 2.24) is 9.88 Å². The summed E-state index contributed by atoms with van der Waals surface area (Å²) in [6.45, 7) is 0.499. The summed E-state index contributed by atoms with van der Waals surface area (Å²) in [4.78, 5) is 0. The third-order valence-corrected chi connectivity index (χ3v) is 4.89. The Morgan fingerprint density at radius 3 is 2.28 bits per heavy atom. The molecule has 0 aliphatic carbocycles. The number of rotatable bonds is 7. The van der Waals surface area contributed by atoms with Gasteiger partial charge in [-0.3, -0.25) is 0 Å². The fourth-order valence-corrected chi connectivity index (χ4v) is 3.60. The van der Waals surface area contributed by atoms with Crippen LogP contribution in [0.3, 0.4) is 0 Å². The van der Waals surface area contributed by atoms with Crippen molar-refractivity contribution >= 4 is 23.3 Å². The standard InChI is InChI=1S/C24H24N2O2.ClH/c1-25-17-23(27)24(19-8-4-2-5-9-19)26-15-14-18-12-13-21(16-22(18)26)28-20-10-6-3-7-11-20;/h2-16,23-25,27H,17H2,1H3;1H/t23-,24+;/m1./s1. The number of halogens is 1.